The van der Waals surface area contributed by atoms with Crippen molar-refractivity contribution in [2.45, 2.75) is 40.3 Å². The second-order valence-electron chi connectivity index (χ2n) is 8.13. The molecule has 31 heavy (non-hydrogen) atoms. The summed E-state index contributed by atoms with van der Waals surface area (Å²) in [7, 11) is 0. The first-order valence-electron chi connectivity index (χ1n) is 10.5. The Morgan fingerprint density at radius 1 is 1.03 bits per heavy atom. The second-order valence-corrected chi connectivity index (χ2v) is 8.13. The minimum Gasteiger partial charge on any atom is -0.303 e. The first-order valence-corrected chi connectivity index (χ1v) is 10.5. The Morgan fingerprint density at radius 2 is 1.87 bits per heavy atom. The molecule has 0 saturated carbocycles. The third kappa shape index (κ3) is 3.72. The molecule has 0 N–H and O–H groups in total. The monoisotopic (exact) mass is 411 g/mol. The summed E-state index contributed by atoms with van der Waals surface area (Å²) in [5.74, 6) is 1.71. The number of hydrogen-bond donors (Lipinski definition) is 0. The molecule has 0 amide bonds. The van der Waals surface area contributed by atoms with Crippen LogP contribution in [0, 0.1) is 20.8 Å². The van der Waals surface area contributed by atoms with Crippen LogP contribution in [0.5, 0.6) is 0 Å². The summed E-state index contributed by atoms with van der Waals surface area (Å²) < 4.78 is 2.26. The van der Waals surface area contributed by atoms with Crippen molar-refractivity contribution in [2.75, 3.05) is 6.54 Å². The van der Waals surface area contributed by atoms with Crippen molar-refractivity contribution in [1.29, 1.82) is 0 Å². The van der Waals surface area contributed by atoms with E-state index in [2.05, 4.69) is 62.3 Å². The smallest absolute Gasteiger partial charge is 0.162 e. The number of aryl methyl sites for hydroxylation is 2. The van der Waals surface area contributed by atoms with Gasteiger partial charge in [-0.25, -0.2) is 24.9 Å². The Hall–Kier alpha value is -3.45. The van der Waals surface area contributed by atoms with Crippen LogP contribution in [0.2, 0.25) is 0 Å². The van der Waals surface area contributed by atoms with E-state index in [1.54, 1.807) is 12.4 Å². The highest BCUT2D eigenvalue weighted by atomic mass is 15.1. The Labute approximate surface area is 181 Å². The number of pyridine rings is 1. The molecule has 4 aromatic heterocycles. The molecular weight excluding hydrogens is 386 g/mol. The number of rotatable bonds is 4. The van der Waals surface area contributed by atoms with Crippen LogP contribution in [0.4, 0.5) is 0 Å². The number of fused-ring (bicyclic) bond motifs is 1. The van der Waals surface area contributed by atoms with Crippen molar-refractivity contribution >= 4 is 0 Å². The predicted octanol–water partition coefficient (Wildman–Crippen LogP) is 3.60. The van der Waals surface area contributed by atoms with Gasteiger partial charge in [-0.3, -0.25) is 4.90 Å². The standard InChI is InChI=1S/C24H25N7/c1-16-5-4-7-27-24(16)31-17(2)9-19(18(31)3)13-30-8-6-22-21(14-30)12-28-23(29-22)20-10-25-15-26-11-20/h4-5,7,9-12,15H,6,8,13-14H2,1-3H3. The Bertz CT molecular complexity index is 1230. The van der Waals surface area contributed by atoms with Crippen LogP contribution in [0.15, 0.2) is 49.3 Å². The fourth-order valence-electron chi connectivity index (χ4n) is 4.33. The molecule has 0 unspecified atom stereocenters. The number of aromatic nitrogens is 6. The van der Waals surface area contributed by atoms with Crippen molar-refractivity contribution in [2.24, 2.45) is 0 Å². The van der Waals surface area contributed by atoms with E-state index in [0.717, 1.165) is 43.1 Å². The first-order chi connectivity index (χ1) is 15.1. The van der Waals surface area contributed by atoms with Gasteiger partial charge in [-0.2, -0.15) is 0 Å². The summed E-state index contributed by atoms with van der Waals surface area (Å²) in [6.07, 6.45) is 9.75. The Morgan fingerprint density at radius 3 is 2.68 bits per heavy atom. The maximum atomic E-state index is 4.78. The maximum absolute atomic E-state index is 4.78. The zero-order valence-corrected chi connectivity index (χ0v) is 18.1. The zero-order chi connectivity index (χ0) is 21.4. The van der Waals surface area contributed by atoms with Crippen molar-refractivity contribution < 1.29 is 0 Å². The third-order valence-corrected chi connectivity index (χ3v) is 5.96. The molecule has 4 aromatic rings. The van der Waals surface area contributed by atoms with Crippen molar-refractivity contribution in [3.05, 3.63) is 83.1 Å². The van der Waals surface area contributed by atoms with Gasteiger partial charge in [0.25, 0.3) is 0 Å². The summed E-state index contributed by atoms with van der Waals surface area (Å²) >= 11 is 0. The zero-order valence-electron chi connectivity index (χ0n) is 18.1. The van der Waals surface area contributed by atoms with Crippen LogP contribution < -0.4 is 0 Å². The van der Waals surface area contributed by atoms with Gasteiger partial charge in [0, 0.05) is 67.8 Å². The van der Waals surface area contributed by atoms with Crippen molar-refractivity contribution in [3.8, 4) is 17.2 Å². The van der Waals surface area contributed by atoms with Crippen LogP contribution in [0.1, 0.15) is 33.8 Å². The lowest BCUT2D eigenvalue weighted by atomic mass is 10.1. The van der Waals surface area contributed by atoms with Gasteiger partial charge in [0.05, 0.1) is 11.3 Å². The highest BCUT2D eigenvalue weighted by Gasteiger charge is 2.21. The van der Waals surface area contributed by atoms with Gasteiger partial charge in [0.15, 0.2) is 5.82 Å². The lowest BCUT2D eigenvalue weighted by Crippen LogP contribution is -2.31. The van der Waals surface area contributed by atoms with Gasteiger partial charge in [0.1, 0.15) is 12.1 Å². The van der Waals surface area contributed by atoms with Gasteiger partial charge < -0.3 is 4.57 Å². The molecule has 5 rings (SSSR count). The minimum absolute atomic E-state index is 0.696. The van der Waals surface area contributed by atoms with Crippen LogP contribution in [-0.4, -0.2) is 40.9 Å². The Balaban J connectivity index is 1.36. The van der Waals surface area contributed by atoms with Crippen LogP contribution in [0.3, 0.4) is 0 Å². The summed E-state index contributed by atoms with van der Waals surface area (Å²) in [5, 5.41) is 0. The molecule has 7 nitrogen and oxygen atoms in total. The van der Waals surface area contributed by atoms with Gasteiger partial charge in [-0.15, -0.1) is 0 Å². The molecule has 0 spiro atoms. The molecule has 0 radical (unpaired) electrons. The van der Waals surface area contributed by atoms with Crippen LogP contribution in [-0.2, 0) is 19.5 Å². The molecule has 0 aromatic carbocycles. The fraction of sp³-hybridized carbons (Fsp3) is 0.292. The second kappa shape index (κ2) is 8.00. The normalized spacial score (nSPS) is 13.9. The molecule has 1 aliphatic rings. The minimum atomic E-state index is 0.696. The molecule has 0 atom stereocenters. The van der Waals surface area contributed by atoms with E-state index in [0.29, 0.717) is 5.82 Å². The molecule has 1 aliphatic heterocycles. The molecular formula is C24H25N7. The van der Waals surface area contributed by atoms with Gasteiger partial charge in [-0.1, -0.05) is 6.07 Å². The van der Waals surface area contributed by atoms with E-state index in [1.165, 1.54) is 34.4 Å². The van der Waals surface area contributed by atoms with Crippen LogP contribution >= 0.6 is 0 Å². The first kappa shape index (κ1) is 19.5. The average molecular weight is 412 g/mol. The van der Waals surface area contributed by atoms with Crippen LogP contribution in [0.25, 0.3) is 17.2 Å². The molecule has 156 valence electrons. The fourth-order valence-corrected chi connectivity index (χ4v) is 4.33. The Kier molecular flexibility index (Phi) is 5.03. The van der Waals surface area contributed by atoms with E-state index in [1.807, 2.05) is 18.5 Å². The van der Waals surface area contributed by atoms with E-state index in [-0.39, 0.29) is 0 Å². The summed E-state index contributed by atoms with van der Waals surface area (Å²) in [4.78, 5) is 24.6. The van der Waals surface area contributed by atoms with E-state index >= 15 is 0 Å². The lowest BCUT2D eigenvalue weighted by Gasteiger charge is -2.28. The molecule has 5 heterocycles. The van der Waals surface area contributed by atoms with E-state index in [4.69, 9.17) is 4.98 Å². The topological polar surface area (TPSA) is 72.6 Å². The van der Waals surface area contributed by atoms with Gasteiger partial charge in [0.2, 0.25) is 0 Å². The number of nitrogens with zero attached hydrogens (tertiary/aromatic N) is 7. The van der Waals surface area contributed by atoms with Crippen molar-refractivity contribution in [3.63, 3.8) is 0 Å². The predicted molar refractivity (Wildman–Crippen MR) is 119 cm³/mol. The summed E-state index contributed by atoms with van der Waals surface area (Å²) in [6.45, 7) is 9.18. The van der Waals surface area contributed by atoms with Gasteiger partial charge in [-0.05, 0) is 44.0 Å². The summed E-state index contributed by atoms with van der Waals surface area (Å²) in [5.41, 5.74) is 8.15. The molecule has 7 heteroatoms. The molecule has 0 saturated heterocycles. The molecule has 0 bridgehead atoms. The SMILES string of the molecule is Cc1cccnc1-n1c(C)cc(CN2CCc3nc(-c4cncnc4)ncc3C2)c1C. The summed E-state index contributed by atoms with van der Waals surface area (Å²) in [6, 6.07) is 6.38. The van der Waals surface area contributed by atoms with E-state index < -0.39 is 0 Å². The number of hydrogen-bond acceptors (Lipinski definition) is 6. The maximum Gasteiger partial charge on any atom is 0.162 e. The molecule has 0 fully saturated rings. The highest BCUT2D eigenvalue weighted by molar-refractivity contribution is 5.52. The van der Waals surface area contributed by atoms with Gasteiger partial charge >= 0.3 is 0 Å². The largest absolute Gasteiger partial charge is 0.303 e. The van der Waals surface area contributed by atoms with E-state index in [9.17, 15) is 0 Å². The highest BCUT2D eigenvalue weighted by Crippen LogP contribution is 2.25. The lowest BCUT2D eigenvalue weighted by molar-refractivity contribution is 0.242. The average Bonchev–Trinajstić information content (AvgIpc) is 3.07. The third-order valence-electron chi connectivity index (χ3n) is 5.96. The quantitative estimate of drug-likeness (QED) is 0.511. The van der Waals surface area contributed by atoms with Crippen molar-refractivity contribution in [1.82, 2.24) is 34.4 Å². The molecule has 0 aliphatic carbocycles.